The standard InChI is InChI=1S/C14H14O2S/c1-9-5-10(2)7-12(6-9)14-13(16)11(3-4-15)8-17-14/h4-8,16H,3H2,1-2H3. The van der Waals surface area contributed by atoms with Crippen molar-refractivity contribution in [3.63, 3.8) is 0 Å². The van der Waals surface area contributed by atoms with Crippen LogP contribution in [0.15, 0.2) is 23.6 Å². The summed E-state index contributed by atoms with van der Waals surface area (Å²) in [5, 5.41) is 11.9. The highest BCUT2D eigenvalue weighted by Crippen LogP contribution is 2.39. The van der Waals surface area contributed by atoms with E-state index in [1.165, 1.54) is 22.5 Å². The van der Waals surface area contributed by atoms with Crippen molar-refractivity contribution in [2.45, 2.75) is 20.3 Å². The number of benzene rings is 1. The van der Waals surface area contributed by atoms with Crippen LogP contribution in [0, 0.1) is 13.8 Å². The topological polar surface area (TPSA) is 37.3 Å². The molecule has 0 amide bonds. The van der Waals surface area contributed by atoms with Gasteiger partial charge in [0.2, 0.25) is 0 Å². The van der Waals surface area contributed by atoms with Crippen LogP contribution in [-0.4, -0.2) is 11.4 Å². The molecule has 0 aliphatic carbocycles. The van der Waals surface area contributed by atoms with E-state index in [9.17, 15) is 9.90 Å². The van der Waals surface area contributed by atoms with Gasteiger partial charge in [-0.05, 0) is 24.8 Å². The molecular weight excluding hydrogens is 232 g/mol. The number of thiophene rings is 1. The summed E-state index contributed by atoms with van der Waals surface area (Å²) in [7, 11) is 0. The highest BCUT2D eigenvalue weighted by Gasteiger charge is 2.12. The molecule has 1 aromatic carbocycles. The zero-order valence-electron chi connectivity index (χ0n) is 9.86. The van der Waals surface area contributed by atoms with E-state index in [-0.39, 0.29) is 12.2 Å². The van der Waals surface area contributed by atoms with E-state index in [1.807, 2.05) is 31.4 Å². The van der Waals surface area contributed by atoms with Gasteiger partial charge in [0.05, 0.1) is 4.88 Å². The van der Waals surface area contributed by atoms with Gasteiger partial charge in [-0.2, -0.15) is 0 Å². The molecule has 2 rings (SSSR count). The fourth-order valence-electron chi connectivity index (χ4n) is 1.93. The molecule has 1 aromatic heterocycles. The molecule has 0 radical (unpaired) electrons. The Balaban J connectivity index is 2.49. The molecule has 0 aliphatic heterocycles. The number of rotatable bonds is 3. The molecule has 3 heteroatoms. The van der Waals surface area contributed by atoms with Gasteiger partial charge in [-0.1, -0.05) is 29.3 Å². The lowest BCUT2D eigenvalue weighted by atomic mass is 10.0. The first-order valence-corrected chi connectivity index (χ1v) is 6.31. The van der Waals surface area contributed by atoms with Crippen molar-refractivity contribution in [1.29, 1.82) is 0 Å². The number of aldehydes is 1. The van der Waals surface area contributed by atoms with Gasteiger partial charge < -0.3 is 9.90 Å². The molecule has 0 aliphatic rings. The number of hydrogen-bond donors (Lipinski definition) is 1. The van der Waals surface area contributed by atoms with Crippen LogP contribution in [0.2, 0.25) is 0 Å². The van der Waals surface area contributed by atoms with E-state index in [2.05, 4.69) is 6.07 Å². The average Bonchev–Trinajstić information content (AvgIpc) is 2.60. The minimum absolute atomic E-state index is 0.243. The summed E-state index contributed by atoms with van der Waals surface area (Å²) in [6.45, 7) is 4.07. The quantitative estimate of drug-likeness (QED) is 0.842. The molecule has 17 heavy (non-hydrogen) atoms. The summed E-state index contributed by atoms with van der Waals surface area (Å²) >= 11 is 1.48. The third kappa shape index (κ3) is 2.39. The molecule has 88 valence electrons. The van der Waals surface area contributed by atoms with E-state index < -0.39 is 0 Å². The summed E-state index contributed by atoms with van der Waals surface area (Å²) in [6.07, 6.45) is 1.08. The van der Waals surface area contributed by atoms with Crippen molar-refractivity contribution >= 4 is 17.6 Å². The minimum atomic E-state index is 0.243. The first kappa shape index (κ1) is 11.9. The van der Waals surface area contributed by atoms with Crippen LogP contribution in [0.4, 0.5) is 0 Å². The van der Waals surface area contributed by atoms with Crippen LogP contribution in [-0.2, 0) is 11.2 Å². The summed E-state index contributed by atoms with van der Waals surface area (Å²) in [5.41, 5.74) is 4.07. The van der Waals surface area contributed by atoms with Crippen LogP contribution in [0.25, 0.3) is 10.4 Å². The largest absolute Gasteiger partial charge is 0.506 e. The molecular formula is C14H14O2S. The second-order valence-electron chi connectivity index (χ2n) is 4.19. The molecule has 1 heterocycles. The van der Waals surface area contributed by atoms with Gasteiger partial charge in [-0.25, -0.2) is 0 Å². The smallest absolute Gasteiger partial charge is 0.137 e. The Morgan fingerprint density at radius 2 is 1.88 bits per heavy atom. The molecule has 0 fully saturated rings. The Kier molecular flexibility index (Phi) is 3.29. The number of carbonyl (C=O) groups is 1. The Hall–Kier alpha value is -1.61. The second kappa shape index (κ2) is 4.72. The Labute approximate surface area is 105 Å². The Morgan fingerprint density at radius 1 is 1.24 bits per heavy atom. The van der Waals surface area contributed by atoms with Gasteiger partial charge >= 0.3 is 0 Å². The van der Waals surface area contributed by atoms with Crippen LogP contribution in [0.5, 0.6) is 5.75 Å². The number of hydrogen-bond acceptors (Lipinski definition) is 3. The third-order valence-electron chi connectivity index (χ3n) is 2.63. The van der Waals surface area contributed by atoms with Crippen LogP contribution < -0.4 is 0 Å². The van der Waals surface area contributed by atoms with Crippen LogP contribution >= 0.6 is 11.3 Å². The van der Waals surface area contributed by atoms with E-state index in [4.69, 9.17) is 0 Å². The van der Waals surface area contributed by atoms with E-state index in [0.29, 0.717) is 5.56 Å². The van der Waals surface area contributed by atoms with E-state index in [1.54, 1.807) is 0 Å². The summed E-state index contributed by atoms with van der Waals surface area (Å²) in [4.78, 5) is 11.3. The van der Waals surface area contributed by atoms with Crippen molar-refractivity contribution in [1.82, 2.24) is 0 Å². The zero-order valence-corrected chi connectivity index (χ0v) is 10.7. The Bertz CT molecular complexity index is 535. The van der Waals surface area contributed by atoms with Gasteiger partial charge in [0.25, 0.3) is 0 Å². The normalized spacial score (nSPS) is 10.5. The van der Waals surface area contributed by atoms with E-state index >= 15 is 0 Å². The summed E-state index contributed by atoms with van der Waals surface area (Å²) in [5.74, 6) is 0.243. The minimum Gasteiger partial charge on any atom is -0.506 e. The first-order chi connectivity index (χ1) is 8.11. The predicted octanol–water partition coefficient (Wildman–Crippen LogP) is 3.48. The SMILES string of the molecule is Cc1cc(C)cc(-c2scc(CC=O)c2O)c1. The van der Waals surface area contributed by atoms with Crippen LogP contribution in [0.3, 0.4) is 0 Å². The van der Waals surface area contributed by atoms with Crippen molar-refractivity contribution in [2.24, 2.45) is 0 Å². The zero-order chi connectivity index (χ0) is 12.4. The average molecular weight is 246 g/mol. The van der Waals surface area contributed by atoms with Crippen molar-refractivity contribution in [3.8, 4) is 16.2 Å². The van der Waals surface area contributed by atoms with Crippen LogP contribution in [0.1, 0.15) is 16.7 Å². The first-order valence-electron chi connectivity index (χ1n) is 5.43. The maximum atomic E-state index is 10.5. The number of aromatic hydroxyl groups is 1. The van der Waals surface area contributed by atoms with Crippen molar-refractivity contribution in [2.75, 3.05) is 0 Å². The molecule has 2 nitrogen and oxygen atoms in total. The molecule has 0 bridgehead atoms. The summed E-state index contributed by atoms with van der Waals surface area (Å²) < 4.78 is 0. The van der Waals surface area contributed by atoms with Crippen molar-refractivity contribution in [3.05, 3.63) is 40.3 Å². The molecule has 0 atom stereocenters. The van der Waals surface area contributed by atoms with Gasteiger partial charge in [0.15, 0.2) is 0 Å². The molecule has 0 unspecified atom stereocenters. The van der Waals surface area contributed by atoms with E-state index in [0.717, 1.165) is 16.7 Å². The predicted molar refractivity (Wildman–Crippen MR) is 70.7 cm³/mol. The summed E-state index contributed by atoms with van der Waals surface area (Å²) in [6, 6.07) is 6.19. The fourth-order valence-corrected chi connectivity index (χ4v) is 2.90. The highest BCUT2D eigenvalue weighted by atomic mass is 32.1. The maximum absolute atomic E-state index is 10.5. The monoisotopic (exact) mass is 246 g/mol. The molecule has 0 spiro atoms. The number of aryl methyl sites for hydroxylation is 2. The lowest BCUT2D eigenvalue weighted by Gasteiger charge is -2.04. The highest BCUT2D eigenvalue weighted by molar-refractivity contribution is 7.14. The van der Waals surface area contributed by atoms with Gasteiger partial charge in [0, 0.05) is 12.0 Å². The maximum Gasteiger partial charge on any atom is 0.137 e. The number of carbonyl (C=O) groups excluding carboxylic acids is 1. The molecule has 0 saturated heterocycles. The second-order valence-corrected chi connectivity index (χ2v) is 5.07. The van der Waals surface area contributed by atoms with Gasteiger partial charge in [-0.15, -0.1) is 11.3 Å². The molecule has 0 saturated carbocycles. The Morgan fingerprint density at radius 3 is 2.47 bits per heavy atom. The lowest BCUT2D eigenvalue weighted by molar-refractivity contribution is -0.107. The van der Waals surface area contributed by atoms with Gasteiger partial charge in [0.1, 0.15) is 12.0 Å². The lowest BCUT2D eigenvalue weighted by Crippen LogP contribution is -1.83. The van der Waals surface area contributed by atoms with Gasteiger partial charge in [-0.3, -0.25) is 0 Å². The third-order valence-corrected chi connectivity index (χ3v) is 3.69. The molecule has 2 aromatic rings. The fraction of sp³-hybridized carbons (Fsp3) is 0.214. The molecule has 1 N–H and O–H groups in total. The van der Waals surface area contributed by atoms with Crippen molar-refractivity contribution < 1.29 is 9.90 Å².